The van der Waals surface area contributed by atoms with Crippen LogP contribution in [0, 0.1) is 0 Å². The molecule has 0 aliphatic heterocycles. The summed E-state index contributed by atoms with van der Waals surface area (Å²) in [5.74, 6) is 0. The normalized spacial score (nSPS) is 12.8. The number of benzene rings is 17. The van der Waals surface area contributed by atoms with E-state index in [1.165, 1.54) is 120 Å². The molecule has 3 nitrogen and oxygen atoms in total. The summed E-state index contributed by atoms with van der Waals surface area (Å²) < 4.78 is 9.36. The SMILES string of the molecule is c1ccc(-c2ccc(N(c3cccc(-c4ccccc4)c3)c3ccc4oc5cc(C6(c7ccccc7)c7ccccc7-c7ccccc76)ccc5c4c3)cc2)cc1.c1ccc(-c2ccc(N(c3ccccc3)c3ccc4c(c3)sc3cc(C5(c6ccccc6)c6ccccc6-c6ccccc65)ccc34)cc2)cc1. The Morgan fingerprint density at radius 1 is 0.194 bits per heavy atom. The van der Waals surface area contributed by atoms with E-state index < -0.39 is 10.8 Å². The highest BCUT2D eigenvalue weighted by Gasteiger charge is 2.48. The number of thiophene rings is 1. The minimum absolute atomic E-state index is 0.403. The van der Waals surface area contributed by atoms with Gasteiger partial charge in [-0.2, -0.15) is 0 Å². The summed E-state index contributed by atoms with van der Waals surface area (Å²) in [5, 5.41) is 4.77. The fraction of sp³-hybridized carbons (Fsp3) is 0.0192. The van der Waals surface area contributed by atoms with Gasteiger partial charge in [0.25, 0.3) is 0 Å². The van der Waals surface area contributed by atoms with Gasteiger partial charge in [-0.3, -0.25) is 0 Å². The van der Waals surface area contributed by atoms with Crippen molar-refractivity contribution in [2.45, 2.75) is 10.8 Å². The molecule has 0 saturated heterocycles. The number of nitrogens with zero attached hydrogens (tertiary/aromatic N) is 2. The van der Waals surface area contributed by atoms with Crippen molar-refractivity contribution in [2.24, 2.45) is 0 Å². The lowest BCUT2D eigenvalue weighted by Crippen LogP contribution is -2.28. The number of para-hydroxylation sites is 1. The summed E-state index contributed by atoms with van der Waals surface area (Å²) in [6.07, 6.45) is 0. The summed E-state index contributed by atoms with van der Waals surface area (Å²) in [5.41, 5.74) is 30.2. The summed E-state index contributed by atoms with van der Waals surface area (Å²) >= 11 is 1.89. The Kier molecular flexibility index (Phi) is 15.9. The molecule has 21 rings (SSSR count). The van der Waals surface area contributed by atoms with E-state index in [1.54, 1.807) is 0 Å². The Morgan fingerprint density at radius 2 is 0.528 bits per heavy atom. The monoisotopic (exact) mass is 1390 g/mol. The highest BCUT2D eigenvalue weighted by molar-refractivity contribution is 7.25. The zero-order valence-corrected chi connectivity index (χ0v) is 59.9. The van der Waals surface area contributed by atoms with Crippen molar-refractivity contribution in [1.82, 2.24) is 0 Å². The summed E-state index contributed by atoms with van der Waals surface area (Å²) in [6, 6.07) is 154. The number of rotatable bonds is 13. The molecule has 108 heavy (non-hydrogen) atoms. The van der Waals surface area contributed by atoms with Crippen LogP contribution < -0.4 is 9.80 Å². The van der Waals surface area contributed by atoms with Gasteiger partial charge in [0.15, 0.2) is 0 Å². The van der Waals surface area contributed by atoms with Gasteiger partial charge < -0.3 is 14.2 Å². The maximum absolute atomic E-state index is 6.78. The maximum atomic E-state index is 6.78. The second kappa shape index (κ2) is 26.8. The van der Waals surface area contributed by atoms with Gasteiger partial charge in [0.05, 0.1) is 10.8 Å². The molecule has 0 N–H and O–H groups in total. The van der Waals surface area contributed by atoms with E-state index in [0.717, 1.165) is 56.1 Å². The van der Waals surface area contributed by atoms with Gasteiger partial charge in [0, 0.05) is 65.1 Å². The van der Waals surface area contributed by atoms with Crippen LogP contribution in [0.15, 0.2) is 429 Å². The molecule has 0 atom stereocenters. The Morgan fingerprint density at radius 3 is 1.03 bits per heavy atom. The van der Waals surface area contributed by atoms with Crippen LogP contribution in [0.25, 0.3) is 97.7 Å². The topological polar surface area (TPSA) is 19.6 Å². The molecule has 0 amide bonds. The number of hydrogen-bond acceptors (Lipinski definition) is 4. The zero-order valence-electron chi connectivity index (χ0n) is 59.1. The molecular formula is C104H70N2OS. The van der Waals surface area contributed by atoms with Crippen LogP contribution in [0.4, 0.5) is 34.1 Å². The van der Waals surface area contributed by atoms with Crippen LogP contribution in [0.3, 0.4) is 0 Å². The van der Waals surface area contributed by atoms with Gasteiger partial charge >= 0.3 is 0 Å². The second-order valence-electron chi connectivity index (χ2n) is 28.1. The predicted molar refractivity (Wildman–Crippen MR) is 453 cm³/mol. The van der Waals surface area contributed by atoms with Crippen molar-refractivity contribution in [3.63, 3.8) is 0 Å². The van der Waals surface area contributed by atoms with Crippen molar-refractivity contribution < 1.29 is 4.42 Å². The number of fused-ring (bicyclic) bond motifs is 12. The average Bonchev–Trinajstić information content (AvgIpc) is 1.54. The largest absolute Gasteiger partial charge is 0.456 e. The molecule has 0 saturated carbocycles. The molecule has 0 radical (unpaired) electrons. The highest BCUT2D eigenvalue weighted by Crippen LogP contribution is 2.59. The van der Waals surface area contributed by atoms with Crippen molar-refractivity contribution in [1.29, 1.82) is 0 Å². The van der Waals surface area contributed by atoms with E-state index in [9.17, 15) is 0 Å². The third kappa shape index (κ3) is 10.7. The first-order chi connectivity index (χ1) is 53.5. The second-order valence-corrected chi connectivity index (χ2v) is 29.2. The van der Waals surface area contributed by atoms with Crippen molar-refractivity contribution in [2.75, 3.05) is 9.80 Å². The number of hydrogen-bond donors (Lipinski definition) is 0. The Labute approximate surface area is 633 Å². The van der Waals surface area contributed by atoms with Crippen LogP contribution in [0.5, 0.6) is 0 Å². The lowest BCUT2D eigenvalue weighted by Gasteiger charge is -2.33. The number of furan rings is 1. The van der Waals surface area contributed by atoms with E-state index >= 15 is 0 Å². The third-order valence-electron chi connectivity index (χ3n) is 22.3. The molecule has 2 aromatic heterocycles. The van der Waals surface area contributed by atoms with Crippen molar-refractivity contribution >= 4 is 87.6 Å². The molecule has 17 aromatic carbocycles. The fourth-order valence-electron chi connectivity index (χ4n) is 17.5. The zero-order chi connectivity index (χ0) is 71.5. The van der Waals surface area contributed by atoms with Crippen LogP contribution >= 0.6 is 11.3 Å². The molecule has 0 unspecified atom stereocenters. The smallest absolute Gasteiger partial charge is 0.135 e. The first-order valence-corrected chi connectivity index (χ1v) is 37.9. The van der Waals surface area contributed by atoms with Crippen LogP contribution in [-0.2, 0) is 10.8 Å². The van der Waals surface area contributed by atoms with Gasteiger partial charge in [0.2, 0.25) is 0 Å². The van der Waals surface area contributed by atoms with Gasteiger partial charge in [-0.15, -0.1) is 11.3 Å². The van der Waals surface area contributed by atoms with E-state index in [-0.39, 0.29) is 0 Å². The Balaban J connectivity index is 0.000000143. The van der Waals surface area contributed by atoms with Gasteiger partial charge in [0.1, 0.15) is 11.2 Å². The molecule has 508 valence electrons. The lowest BCUT2D eigenvalue weighted by atomic mass is 9.67. The number of anilines is 6. The van der Waals surface area contributed by atoms with Gasteiger partial charge in [-0.05, 0) is 191 Å². The molecule has 19 aromatic rings. The van der Waals surface area contributed by atoms with E-state index in [0.29, 0.717) is 0 Å². The van der Waals surface area contributed by atoms with Crippen molar-refractivity contribution in [3.8, 4) is 55.6 Å². The van der Waals surface area contributed by atoms with Gasteiger partial charge in [-0.1, -0.05) is 334 Å². The lowest BCUT2D eigenvalue weighted by molar-refractivity contribution is 0.665. The first-order valence-electron chi connectivity index (χ1n) is 37.1. The molecular weight excluding hydrogens is 1330 g/mol. The highest BCUT2D eigenvalue weighted by atomic mass is 32.1. The standard InChI is InChI=1S/C55H37NO.C49H33NS/c1-4-15-38(16-5-1)40-27-30-44(31-28-40)56(45-22-14-19-41(35-45)39-17-6-2-7-18-39)46-32-34-53-50(37-46)49-33-29-43(36-54(49)57-53)55(42-20-8-3-9-21-42)51-25-12-10-23-47(51)48-24-11-13-26-52(48)55;1-4-14-34(15-5-1)35-24-27-39(28-25-35)50(38-18-8-3-9-19-38)40-29-31-44-43-30-26-37(32-47(43)51-48(44)33-40)49(36-16-6-2-7-17-36)45-22-12-10-20-41(45)42-21-11-13-23-46(42)49/h1-37H;1-33H. The van der Waals surface area contributed by atoms with Crippen LogP contribution in [0.2, 0.25) is 0 Å². The van der Waals surface area contributed by atoms with Gasteiger partial charge in [-0.25, -0.2) is 0 Å². The Hall–Kier alpha value is -13.6. The summed E-state index contributed by atoms with van der Waals surface area (Å²) in [4.78, 5) is 4.71. The fourth-order valence-corrected chi connectivity index (χ4v) is 18.7. The van der Waals surface area contributed by atoms with Crippen molar-refractivity contribution in [3.05, 3.63) is 469 Å². The minimum atomic E-state index is -0.487. The summed E-state index contributed by atoms with van der Waals surface area (Å²) in [7, 11) is 0. The molecule has 2 aliphatic carbocycles. The van der Waals surface area contributed by atoms with E-state index in [2.05, 4.69) is 434 Å². The Bertz CT molecular complexity index is 6440. The molecule has 2 heterocycles. The molecule has 4 heteroatoms. The molecule has 0 fully saturated rings. The summed E-state index contributed by atoms with van der Waals surface area (Å²) in [6.45, 7) is 0. The quantitative estimate of drug-likeness (QED) is 0.115. The predicted octanol–water partition coefficient (Wildman–Crippen LogP) is 28.3. The molecule has 0 spiro atoms. The average molecular weight is 1400 g/mol. The van der Waals surface area contributed by atoms with Crippen LogP contribution in [0.1, 0.15) is 44.5 Å². The van der Waals surface area contributed by atoms with E-state index in [1.807, 2.05) is 11.3 Å². The van der Waals surface area contributed by atoms with E-state index in [4.69, 9.17) is 4.42 Å². The maximum Gasteiger partial charge on any atom is 0.135 e. The minimum Gasteiger partial charge on any atom is -0.456 e. The molecule has 2 aliphatic rings. The molecule has 0 bridgehead atoms. The first kappa shape index (κ1) is 64.0. The van der Waals surface area contributed by atoms with Crippen LogP contribution in [-0.4, -0.2) is 0 Å². The third-order valence-corrected chi connectivity index (χ3v) is 23.4.